The molecule has 0 saturated carbocycles. The molecule has 2 aromatic heterocycles. The predicted molar refractivity (Wildman–Crippen MR) is 106 cm³/mol. The van der Waals surface area contributed by atoms with Gasteiger partial charge in [-0.05, 0) is 44.1 Å². The Kier molecular flexibility index (Phi) is 6.32. The Morgan fingerprint density at radius 3 is 2.56 bits per heavy atom. The number of aromatic nitrogens is 3. The van der Waals surface area contributed by atoms with Crippen molar-refractivity contribution in [2.45, 2.75) is 65.2 Å². The van der Waals surface area contributed by atoms with Gasteiger partial charge in [0.15, 0.2) is 11.0 Å². The molecule has 0 bridgehead atoms. The molecule has 0 aliphatic rings. The van der Waals surface area contributed by atoms with E-state index in [0.717, 1.165) is 28.8 Å². The van der Waals surface area contributed by atoms with Crippen molar-refractivity contribution in [2.75, 3.05) is 5.75 Å². The third kappa shape index (κ3) is 5.85. The minimum atomic E-state index is -0.226. The molecule has 1 N–H and O–H groups in total. The van der Waals surface area contributed by atoms with Crippen molar-refractivity contribution in [3.8, 4) is 10.7 Å². The molecule has 0 saturated heterocycles. The zero-order valence-electron chi connectivity index (χ0n) is 15.9. The molecule has 7 heteroatoms. The Bertz CT molecular complexity index is 699. The largest absolute Gasteiger partial charge is 0.350 e. The Hall–Kier alpha value is -1.34. The van der Waals surface area contributed by atoms with Gasteiger partial charge >= 0.3 is 0 Å². The second kappa shape index (κ2) is 7.91. The highest BCUT2D eigenvalue weighted by Gasteiger charge is 2.27. The molecular formula is C18H28N4OS2. The van der Waals surface area contributed by atoms with Gasteiger partial charge in [0, 0.05) is 12.1 Å². The SMILES string of the molecule is CCn1c(SCC(=O)NC(C)(C)CC(C)(C)C)nnc1-c1cccs1. The lowest BCUT2D eigenvalue weighted by Gasteiger charge is -2.33. The Labute approximate surface area is 158 Å². The fourth-order valence-electron chi connectivity index (χ4n) is 3.18. The number of carbonyl (C=O) groups is 1. The second-order valence-electron chi connectivity index (χ2n) is 7.99. The van der Waals surface area contributed by atoms with Crippen LogP contribution in [0.15, 0.2) is 22.7 Å². The first-order valence-electron chi connectivity index (χ1n) is 8.52. The molecule has 0 aliphatic carbocycles. The maximum Gasteiger partial charge on any atom is 0.230 e. The van der Waals surface area contributed by atoms with Gasteiger partial charge in [-0.25, -0.2) is 0 Å². The van der Waals surface area contributed by atoms with E-state index in [0.29, 0.717) is 5.75 Å². The minimum absolute atomic E-state index is 0.0302. The average Bonchev–Trinajstić information content (AvgIpc) is 3.10. The lowest BCUT2D eigenvalue weighted by molar-refractivity contribution is -0.120. The number of carbonyl (C=O) groups excluding carboxylic acids is 1. The van der Waals surface area contributed by atoms with Gasteiger partial charge in [-0.3, -0.25) is 4.79 Å². The van der Waals surface area contributed by atoms with Crippen LogP contribution in [0.3, 0.4) is 0 Å². The molecule has 1 amide bonds. The molecule has 2 rings (SSSR count). The van der Waals surface area contributed by atoms with Crippen LogP contribution < -0.4 is 5.32 Å². The Morgan fingerprint density at radius 1 is 1.28 bits per heavy atom. The summed E-state index contributed by atoms with van der Waals surface area (Å²) in [5.41, 5.74) is -0.0572. The van der Waals surface area contributed by atoms with Crippen LogP contribution in [-0.2, 0) is 11.3 Å². The van der Waals surface area contributed by atoms with E-state index >= 15 is 0 Å². The van der Waals surface area contributed by atoms with Crippen LogP contribution in [0, 0.1) is 5.41 Å². The van der Waals surface area contributed by atoms with E-state index in [-0.39, 0.29) is 16.9 Å². The van der Waals surface area contributed by atoms with Crippen LogP contribution in [0.25, 0.3) is 10.7 Å². The molecule has 0 atom stereocenters. The summed E-state index contributed by atoms with van der Waals surface area (Å²) in [6, 6.07) is 4.04. The first kappa shape index (κ1) is 20.0. The third-order valence-corrected chi connectivity index (χ3v) is 5.39. The van der Waals surface area contributed by atoms with E-state index in [1.165, 1.54) is 11.8 Å². The quantitative estimate of drug-likeness (QED) is 0.721. The highest BCUT2D eigenvalue weighted by atomic mass is 32.2. The summed E-state index contributed by atoms with van der Waals surface area (Å²) in [5.74, 6) is 1.24. The van der Waals surface area contributed by atoms with Gasteiger partial charge in [-0.1, -0.05) is 38.6 Å². The standard InChI is InChI=1S/C18H28N4OS2/c1-7-22-15(13-9-8-10-24-13)20-21-16(22)25-11-14(23)19-18(5,6)12-17(2,3)4/h8-10H,7,11-12H2,1-6H3,(H,19,23). The highest BCUT2D eigenvalue weighted by Crippen LogP contribution is 2.28. The topological polar surface area (TPSA) is 59.8 Å². The summed E-state index contributed by atoms with van der Waals surface area (Å²) in [5, 5.41) is 14.5. The maximum absolute atomic E-state index is 12.4. The van der Waals surface area contributed by atoms with Gasteiger partial charge in [0.1, 0.15) is 0 Å². The van der Waals surface area contributed by atoms with Crippen molar-refractivity contribution in [2.24, 2.45) is 5.41 Å². The summed E-state index contributed by atoms with van der Waals surface area (Å²) in [4.78, 5) is 13.5. The van der Waals surface area contributed by atoms with Crippen LogP contribution in [0.5, 0.6) is 0 Å². The Balaban J connectivity index is 1.98. The van der Waals surface area contributed by atoms with Gasteiger partial charge in [0.25, 0.3) is 0 Å². The van der Waals surface area contributed by atoms with E-state index in [9.17, 15) is 4.79 Å². The number of hydrogen-bond acceptors (Lipinski definition) is 5. The molecule has 0 aliphatic heterocycles. The molecular weight excluding hydrogens is 352 g/mol. The van der Waals surface area contributed by atoms with Crippen molar-refractivity contribution < 1.29 is 4.79 Å². The van der Waals surface area contributed by atoms with Gasteiger partial charge in [0.05, 0.1) is 10.6 Å². The van der Waals surface area contributed by atoms with Crippen molar-refractivity contribution >= 4 is 29.0 Å². The molecule has 25 heavy (non-hydrogen) atoms. The van der Waals surface area contributed by atoms with E-state index in [1.807, 2.05) is 17.5 Å². The summed E-state index contributed by atoms with van der Waals surface area (Å²) >= 11 is 3.08. The number of thiophene rings is 1. The fraction of sp³-hybridized carbons (Fsp3) is 0.611. The fourth-order valence-corrected chi connectivity index (χ4v) is 4.70. The maximum atomic E-state index is 12.4. The number of rotatable bonds is 7. The van der Waals surface area contributed by atoms with E-state index in [4.69, 9.17) is 0 Å². The minimum Gasteiger partial charge on any atom is -0.350 e. The van der Waals surface area contributed by atoms with Crippen molar-refractivity contribution in [1.82, 2.24) is 20.1 Å². The van der Waals surface area contributed by atoms with Crippen molar-refractivity contribution in [3.63, 3.8) is 0 Å². The molecule has 0 spiro atoms. The van der Waals surface area contributed by atoms with Crippen LogP contribution in [0.2, 0.25) is 0 Å². The molecule has 0 aromatic carbocycles. The average molecular weight is 381 g/mol. The van der Waals surface area contributed by atoms with E-state index < -0.39 is 0 Å². The molecule has 138 valence electrons. The third-order valence-electron chi connectivity index (χ3n) is 3.56. The normalized spacial score (nSPS) is 12.4. The monoisotopic (exact) mass is 380 g/mol. The van der Waals surface area contributed by atoms with Gasteiger partial charge in [0.2, 0.25) is 5.91 Å². The van der Waals surface area contributed by atoms with Crippen molar-refractivity contribution in [1.29, 1.82) is 0 Å². The van der Waals surface area contributed by atoms with Crippen LogP contribution in [0.1, 0.15) is 48.0 Å². The van der Waals surface area contributed by atoms with Crippen LogP contribution in [0.4, 0.5) is 0 Å². The number of hydrogen-bond donors (Lipinski definition) is 1. The first-order valence-corrected chi connectivity index (χ1v) is 10.4. The molecule has 5 nitrogen and oxygen atoms in total. The smallest absolute Gasteiger partial charge is 0.230 e. The number of nitrogens with one attached hydrogen (secondary N) is 1. The number of amides is 1. The zero-order valence-corrected chi connectivity index (χ0v) is 17.6. The molecule has 0 radical (unpaired) electrons. The van der Waals surface area contributed by atoms with Crippen molar-refractivity contribution in [3.05, 3.63) is 17.5 Å². The Morgan fingerprint density at radius 2 is 2.00 bits per heavy atom. The second-order valence-corrected chi connectivity index (χ2v) is 9.88. The summed E-state index contributed by atoms with van der Waals surface area (Å²) in [7, 11) is 0. The lowest BCUT2D eigenvalue weighted by atomic mass is 9.82. The van der Waals surface area contributed by atoms with Gasteiger partial charge in [-0.2, -0.15) is 0 Å². The number of thioether (sulfide) groups is 1. The van der Waals surface area contributed by atoms with Crippen LogP contribution >= 0.6 is 23.1 Å². The zero-order chi connectivity index (χ0) is 18.7. The van der Waals surface area contributed by atoms with Crippen LogP contribution in [-0.4, -0.2) is 32.0 Å². The van der Waals surface area contributed by atoms with E-state index in [1.54, 1.807) is 11.3 Å². The predicted octanol–water partition coefficient (Wildman–Crippen LogP) is 4.45. The molecule has 0 unspecified atom stereocenters. The van der Waals surface area contributed by atoms with Gasteiger partial charge < -0.3 is 9.88 Å². The van der Waals surface area contributed by atoms with E-state index in [2.05, 4.69) is 61.6 Å². The highest BCUT2D eigenvalue weighted by molar-refractivity contribution is 7.99. The molecule has 2 aromatic rings. The summed E-state index contributed by atoms with van der Waals surface area (Å²) < 4.78 is 2.06. The summed E-state index contributed by atoms with van der Waals surface area (Å²) in [6.07, 6.45) is 0.921. The lowest BCUT2D eigenvalue weighted by Crippen LogP contribution is -2.46. The summed E-state index contributed by atoms with van der Waals surface area (Å²) in [6.45, 7) is 13.5. The number of nitrogens with zero attached hydrogens (tertiary/aromatic N) is 3. The molecule has 0 fully saturated rings. The molecule has 2 heterocycles. The first-order chi connectivity index (χ1) is 11.6. The van der Waals surface area contributed by atoms with Gasteiger partial charge in [-0.15, -0.1) is 21.5 Å².